The van der Waals surface area contributed by atoms with Crippen molar-refractivity contribution in [3.05, 3.63) is 32.6 Å². The molecule has 1 unspecified atom stereocenters. The maximum atomic E-state index is 11.7. The molecule has 0 aromatic carbocycles. The number of rotatable bonds is 4. The number of hydrogen-bond donors (Lipinski definition) is 2. The fourth-order valence-electron chi connectivity index (χ4n) is 1.96. The molecule has 9 heteroatoms. The third-order valence-corrected chi connectivity index (χ3v) is 3.63. The summed E-state index contributed by atoms with van der Waals surface area (Å²) in [6.45, 7) is 1.79. The van der Waals surface area contributed by atoms with E-state index in [-0.39, 0.29) is 12.7 Å². The first-order valence-corrected chi connectivity index (χ1v) is 8.07. The van der Waals surface area contributed by atoms with Crippen LogP contribution in [0.4, 0.5) is 0 Å². The van der Waals surface area contributed by atoms with Crippen molar-refractivity contribution in [2.24, 2.45) is 0 Å². The van der Waals surface area contributed by atoms with Gasteiger partial charge in [0.15, 0.2) is 0 Å². The van der Waals surface area contributed by atoms with E-state index in [1.54, 1.807) is 6.92 Å². The molecule has 0 aliphatic carbocycles. The van der Waals surface area contributed by atoms with E-state index < -0.39 is 24.7 Å². The van der Waals surface area contributed by atoms with Crippen molar-refractivity contribution in [1.29, 1.82) is 0 Å². The van der Waals surface area contributed by atoms with Gasteiger partial charge in [-0.1, -0.05) is 0 Å². The van der Waals surface area contributed by atoms with E-state index in [0.717, 1.165) is 0 Å². The van der Waals surface area contributed by atoms with Crippen molar-refractivity contribution in [3.63, 3.8) is 0 Å². The minimum absolute atomic E-state index is 0.173. The number of hydrogen-bond acceptors (Lipinski definition) is 5. The van der Waals surface area contributed by atoms with Gasteiger partial charge in [-0.15, -0.1) is 4.52 Å². The van der Waals surface area contributed by atoms with E-state index in [0.29, 0.717) is 18.4 Å². The molecule has 2 heterocycles. The van der Waals surface area contributed by atoms with Crippen LogP contribution in [0.1, 0.15) is 24.6 Å². The summed E-state index contributed by atoms with van der Waals surface area (Å²) in [6, 6.07) is 0. The Morgan fingerprint density at radius 1 is 1.58 bits per heavy atom. The Hall–Kier alpha value is -0.950. The largest absolute Gasteiger partial charge is 0.582 e. The molecule has 1 aliphatic heterocycles. The predicted molar refractivity (Wildman–Crippen MR) is 71.7 cm³/mol. The van der Waals surface area contributed by atoms with Crippen LogP contribution in [0, 0.1) is 6.92 Å². The highest BCUT2D eigenvalue weighted by molar-refractivity contribution is 8.39. The number of thiol groups is 1. The molecule has 0 bridgehead atoms. The van der Waals surface area contributed by atoms with Crippen LogP contribution in [-0.2, 0) is 13.8 Å². The maximum Gasteiger partial charge on any atom is 0.582 e. The first-order chi connectivity index (χ1) is 8.97. The number of H-pyrrole nitrogens is 1. The average molecular weight is 305 g/mol. The molecular formula is C10H14N2O5PS+. The Labute approximate surface area is 115 Å². The lowest BCUT2D eigenvalue weighted by molar-refractivity contribution is -0.0184. The van der Waals surface area contributed by atoms with Gasteiger partial charge in [0.2, 0.25) is 0 Å². The van der Waals surface area contributed by atoms with E-state index in [9.17, 15) is 14.2 Å². The summed E-state index contributed by atoms with van der Waals surface area (Å²) < 4.78 is 22.6. The van der Waals surface area contributed by atoms with Gasteiger partial charge < -0.3 is 4.74 Å². The zero-order chi connectivity index (χ0) is 14.0. The standard InChI is InChI=1S/C10H13N2O5PS/c1-6-4-12(10(14)11-9(6)13)8-3-2-7(17-8)5-16-18(15)19/h4,7-8H,2-3,5H2,1H3,(H-,11,13,14,15,19)/p+1/t7-,8+/m0/s1. The summed E-state index contributed by atoms with van der Waals surface area (Å²) in [7, 11) is -1.95. The zero-order valence-electron chi connectivity index (χ0n) is 10.2. The number of aryl methyl sites for hydroxylation is 1. The van der Waals surface area contributed by atoms with Gasteiger partial charge >= 0.3 is 12.9 Å². The van der Waals surface area contributed by atoms with Gasteiger partial charge in [-0.05, 0) is 24.3 Å². The van der Waals surface area contributed by atoms with Crippen LogP contribution in [0.2, 0.25) is 0 Å². The number of nitrogens with one attached hydrogen (secondary N) is 1. The van der Waals surface area contributed by atoms with Crippen LogP contribution in [0.15, 0.2) is 15.8 Å². The molecule has 1 aromatic rings. The summed E-state index contributed by atoms with van der Waals surface area (Å²) >= 11 is 3.64. The average Bonchev–Trinajstić information content (AvgIpc) is 2.80. The third-order valence-electron chi connectivity index (χ3n) is 2.91. The lowest BCUT2D eigenvalue weighted by atomic mass is 10.2. The molecule has 7 nitrogen and oxygen atoms in total. The Morgan fingerprint density at radius 3 is 3.00 bits per heavy atom. The first-order valence-electron chi connectivity index (χ1n) is 5.74. The highest BCUT2D eigenvalue weighted by atomic mass is 32.7. The van der Waals surface area contributed by atoms with E-state index in [1.807, 2.05) is 0 Å². The molecule has 3 atom stereocenters. The maximum absolute atomic E-state index is 11.7. The minimum atomic E-state index is -1.95. The van der Waals surface area contributed by atoms with Crippen LogP contribution in [0.5, 0.6) is 0 Å². The monoisotopic (exact) mass is 305 g/mol. The summed E-state index contributed by atoms with van der Waals surface area (Å²) in [5.74, 6) is 0. The number of ether oxygens (including phenoxy) is 1. The van der Waals surface area contributed by atoms with Gasteiger partial charge in [0.1, 0.15) is 25.1 Å². The Bertz CT molecular complexity index is 598. The van der Waals surface area contributed by atoms with E-state index in [1.165, 1.54) is 10.8 Å². The second-order valence-electron chi connectivity index (χ2n) is 4.30. The summed E-state index contributed by atoms with van der Waals surface area (Å²) in [4.78, 5) is 25.2. The molecule has 0 spiro atoms. The summed E-state index contributed by atoms with van der Waals surface area (Å²) in [5, 5.41) is 0. The van der Waals surface area contributed by atoms with Gasteiger partial charge in [0.25, 0.3) is 5.56 Å². The lowest BCUT2D eigenvalue weighted by Gasteiger charge is -2.14. The van der Waals surface area contributed by atoms with Gasteiger partial charge in [0, 0.05) is 11.8 Å². The molecule has 1 aromatic heterocycles. The molecule has 0 saturated carbocycles. The zero-order valence-corrected chi connectivity index (χ0v) is 12.0. The third kappa shape index (κ3) is 3.54. The minimum Gasteiger partial charge on any atom is -0.352 e. The molecule has 0 radical (unpaired) electrons. The van der Waals surface area contributed by atoms with Gasteiger partial charge in [-0.25, -0.2) is 4.79 Å². The molecule has 104 valence electrons. The van der Waals surface area contributed by atoms with Gasteiger partial charge in [0.05, 0.1) is 6.10 Å². The normalized spacial score (nSPS) is 23.6. The van der Waals surface area contributed by atoms with Crippen molar-refractivity contribution < 1.29 is 13.8 Å². The SMILES string of the molecule is Cc1cn([C@H]2CC[C@@H](CO[P+](=O)S)O2)c(=O)[nH]c1=O. The fraction of sp³-hybridized carbons (Fsp3) is 0.600. The molecular weight excluding hydrogens is 291 g/mol. The number of nitrogens with zero attached hydrogens (tertiary/aromatic N) is 1. The molecule has 1 aliphatic rings. The molecule has 1 saturated heterocycles. The van der Waals surface area contributed by atoms with Gasteiger partial charge in [-0.2, -0.15) is 0 Å². The Kier molecular flexibility index (Phi) is 4.57. The second-order valence-corrected chi connectivity index (χ2v) is 6.02. The van der Waals surface area contributed by atoms with Crippen LogP contribution in [0.3, 0.4) is 0 Å². The van der Waals surface area contributed by atoms with Crippen LogP contribution in [0.25, 0.3) is 0 Å². The molecule has 1 N–H and O–H groups in total. The molecule has 2 rings (SSSR count). The van der Waals surface area contributed by atoms with E-state index in [2.05, 4.69) is 17.2 Å². The smallest absolute Gasteiger partial charge is 0.352 e. The van der Waals surface area contributed by atoms with Gasteiger partial charge in [-0.3, -0.25) is 14.3 Å². The Balaban J connectivity index is 2.09. The lowest BCUT2D eigenvalue weighted by Crippen LogP contribution is -2.33. The summed E-state index contributed by atoms with van der Waals surface area (Å²) in [5.41, 5.74) is -0.449. The topological polar surface area (TPSA) is 90.4 Å². The highest BCUT2D eigenvalue weighted by Crippen LogP contribution is 2.32. The van der Waals surface area contributed by atoms with E-state index >= 15 is 0 Å². The first kappa shape index (κ1) is 14.5. The Morgan fingerprint density at radius 2 is 2.32 bits per heavy atom. The molecule has 1 fully saturated rings. The molecule has 0 amide bonds. The van der Waals surface area contributed by atoms with Crippen molar-refractivity contribution >= 4 is 19.5 Å². The number of aromatic nitrogens is 2. The highest BCUT2D eigenvalue weighted by Gasteiger charge is 2.29. The second kappa shape index (κ2) is 6.00. The van der Waals surface area contributed by atoms with Crippen LogP contribution >= 0.6 is 19.5 Å². The molecule has 19 heavy (non-hydrogen) atoms. The number of aromatic amines is 1. The van der Waals surface area contributed by atoms with Crippen LogP contribution in [-0.4, -0.2) is 22.3 Å². The van der Waals surface area contributed by atoms with Crippen molar-refractivity contribution in [2.75, 3.05) is 6.61 Å². The quantitative estimate of drug-likeness (QED) is 0.643. The van der Waals surface area contributed by atoms with E-state index in [4.69, 9.17) is 9.26 Å². The van der Waals surface area contributed by atoms with Crippen molar-refractivity contribution in [1.82, 2.24) is 9.55 Å². The van der Waals surface area contributed by atoms with Crippen LogP contribution < -0.4 is 11.2 Å². The van der Waals surface area contributed by atoms with Crippen molar-refractivity contribution in [3.8, 4) is 0 Å². The predicted octanol–water partition coefficient (Wildman–Crippen LogP) is 1.13. The van der Waals surface area contributed by atoms with Crippen molar-refractivity contribution in [2.45, 2.75) is 32.1 Å². The summed E-state index contributed by atoms with van der Waals surface area (Å²) in [6.07, 6.45) is 2.13. The fourth-order valence-corrected chi connectivity index (χ4v) is 2.45.